The van der Waals surface area contributed by atoms with Crippen molar-refractivity contribution < 1.29 is 4.79 Å². The number of nitrogens with zero attached hydrogens (tertiary/aromatic N) is 3. The summed E-state index contributed by atoms with van der Waals surface area (Å²) >= 11 is 1.28. The van der Waals surface area contributed by atoms with E-state index < -0.39 is 0 Å². The molecule has 6 heteroatoms. The second kappa shape index (κ2) is 3.67. The molecule has 0 aliphatic rings. The minimum atomic E-state index is -0.359. The van der Waals surface area contributed by atoms with E-state index in [4.69, 9.17) is 5.73 Å². The molecule has 2 N–H and O–H groups in total. The average Bonchev–Trinajstić information content (AvgIpc) is 2.58. The zero-order valence-electron chi connectivity index (χ0n) is 7.25. The summed E-state index contributed by atoms with van der Waals surface area (Å²) in [5.74, 6) is -0.141. The van der Waals surface area contributed by atoms with E-state index in [2.05, 4.69) is 10.2 Å². The molecule has 0 aromatic carbocycles. The second-order valence-electron chi connectivity index (χ2n) is 2.67. The van der Waals surface area contributed by atoms with Crippen molar-refractivity contribution >= 4 is 23.3 Å². The van der Waals surface area contributed by atoms with Gasteiger partial charge >= 0.3 is 0 Å². The number of rotatable bonds is 3. The summed E-state index contributed by atoms with van der Waals surface area (Å²) in [5.41, 5.74) is 5.80. The summed E-state index contributed by atoms with van der Waals surface area (Å²) in [6.45, 7) is 0. The summed E-state index contributed by atoms with van der Waals surface area (Å²) in [5, 5.41) is 8.55. The number of fused-ring (bicyclic) bond motifs is 1. The van der Waals surface area contributed by atoms with Crippen molar-refractivity contribution in [2.75, 3.05) is 5.75 Å². The van der Waals surface area contributed by atoms with Crippen LogP contribution in [-0.4, -0.2) is 26.3 Å². The van der Waals surface area contributed by atoms with E-state index in [9.17, 15) is 4.79 Å². The van der Waals surface area contributed by atoms with Gasteiger partial charge in [0.1, 0.15) is 0 Å². The lowest BCUT2D eigenvalue weighted by Crippen LogP contribution is -2.13. The summed E-state index contributed by atoms with van der Waals surface area (Å²) in [4.78, 5) is 10.6. The lowest BCUT2D eigenvalue weighted by molar-refractivity contribution is -0.115. The van der Waals surface area contributed by atoms with Crippen LogP contribution in [0.5, 0.6) is 0 Å². The Balaban J connectivity index is 2.29. The fourth-order valence-electron chi connectivity index (χ4n) is 1.05. The number of nitrogens with two attached hydrogens (primary N) is 1. The molecule has 0 aliphatic heterocycles. The van der Waals surface area contributed by atoms with Gasteiger partial charge in [0.15, 0.2) is 10.8 Å². The third kappa shape index (κ3) is 1.69. The van der Waals surface area contributed by atoms with Crippen LogP contribution in [0.4, 0.5) is 0 Å². The quantitative estimate of drug-likeness (QED) is 0.736. The molecule has 5 nitrogen and oxygen atoms in total. The van der Waals surface area contributed by atoms with Crippen LogP contribution >= 0.6 is 11.8 Å². The number of primary amides is 1. The zero-order valence-corrected chi connectivity index (χ0v) is 8.07. The molecule has 72 valence electrons. The van der Waals surface area contributed by atoms with Crippen LogP contribution in [0.1, 0.15) is 0 Å². The average molecular weight is 208 g/mol. The van der Waals surface area contributed by atoms with Gasteiger partial charge in [0.2, 0.25) is 5.91 Å². The van der Waals surface area contributed by atoms with Crippen molar-refractivity contribution in [1.29, 1.82) is 0 Å². The van der Waals surface area contributed by atoms with Crippen molar-refractivity contribution in [2.24, 2.45) is 5.73 Å². The molecule has 2 rings (SSSR count). The van der Waals surface area contributed by atoms with Gasteiger partial charge in [-0.1, -0.05) is 17.8 Å². The number of hydrogen-bond acceptors (Lipinski definition) is 4. The monoisotopic (exact) mass is 208 g/mol. The van der Waals surface area contributed by atoms with Crippen LogP contribution in [0, 0.1) is 0 Å². The van der Waals surface area contributed by atoms with Crippen molar-refractivity contribution in [3.05, 3.63) is 24.4 Å². The van der Waals surface area contributed by atoms with Crippen LogP contribution in [0.3, 0.4) is 0 Å². The minimum Gasteiger partial charge on any atom is -0.369 e. The maximum Gasteiger partial charge on any atom is 0.227 e. The molecule has 0 fully saturated rings. The molecule has 2 aromatic rings. The zero-order chi connectivity index (χ0) is 9.97. The van der Waals surface area contributed by atoms with Gasteiger partial charge in [0.05, 0.1) is 5.75 Å². The standard InChI is InChI=1S/C8H8N4OS/c9-6(13)5-14-8-11-10-7-3-1-2-4-12(7)8/h1-4H,5H2,(H2,9,13). The van der Waals surface area contributed by atoms with E-state index in [0.717, 1.165) is 5.65 Å². The highest BCUT2D eigenvalue weighted by molar-refractivity contribution is 7.99. The van der Waals surface area contributed by atoms with Gasteiger partial charge < -0.3 is 5.73 Å². The van der Waals surface area contributed by atoms with E-state index in [1.54, 1.807) is 0 Å². The van der Waals surface area contributed by atoms with Gasteiger partial charge in [0.25, 0.3) is 0 Å². The molecule has 0 atom stereocenters. The maximum atomic E-state index is 10.6. The van der Waals surface area contributed by atoms with Gasteiger partial charge in [0, 0.05) is 6.20 Å². The Morgan fingerprint density at radius 3 is 3.14 bits per heavy atom. The predicted octanol–water partition coefficient (Wildman–Crippen LogP) is 0.307. The van der Waals surface area contributed by atoms with Gasteiger partial charge in [-0.3, -0.25) is 9.20 Å². The van der Waals surface area contributed by atoms with Crippen LogP contribution in [0.15, 0.2) is 29.6 Å². The number of hydrogen-bond donors (Lipinski definition) is 1. The molecule has 1 amide bonds. The van der Waals surface area contributed by atoms with Gasteiger partial charge in [-0.25, -0.2) is 0 Å². The van der Waals surface area contributed by atoms with Crippen molar-refractivity contribution in [3.8, 4) is 0 Å². The summed E-state index contributed by atoms with van der Waals surface area (Å²) < 4.78 is 1.81. The van der Waals surface area contributed by atoms with Crippen LogP contribution in [0.25, 0.3) is 5.65 Å². The van der Waals surface area contributed by atoms with Crippen molar-refractivity contribution in [2.45, 2.75) is 5.16 Å². The minimum absolute atomic E-state index is 0.218. The second-order valence-corrected chi connectivity index (χ2v) is 3.61. The first-order chi connectivity index (χ1) is 6.77. The summed E-state index contributed by atoms with van der Waals surface area (Å²) in [6.07, 6.45) is 1.85. The van der Waals surface area contributed by atoms with E-state index in [1.165, 1.54) is 11.8 Å². The number of thioether (sulfide) groups is 1. The Labute approximate surface area is 84.3 Å². The lowest BCUT2D eigenvalue weighted by atomic mass is 10.5. The Bertz CT molecular complexity index is 467. The Hall–Kier alpha value is -1.56. The highest BCUT2D eigenvalue weighted by Crippen LogP contribution is 2.15. The van der Waals surface area contributed by atoms with E-state index in [-0.39, 0.29) is 11.7 Å². The Morgan fingerprint density at radius 2 is 2.36 bits per heavy atom. The van der Waals surface area contributed by atoms with Gasteiger partial charge in [-0.05, 0) is 12.1 Å². The summed E-state index contributed by atoms with van der Waals surface area (Å²) in [6, 6.07) is 5.61. The highest BCUT2D eigenvalue weighted by atomic mass is 32.2. The largest absolute Gasteiger partial charge is 0.369 e. The SMILES string of the molecule is NC(=O)CSc1nnc2ccccn12. The van der Waals surface area contributed by atoms with Crippen molar-refractivity contribution in [1.82, 2.24) is 14.6 Å². The van der Waals surface area contributed by atoms with E-state index >= 15 is 0 Å². The Kier molecular flexibility index (Phi) is 2.36. The fourth-order valence-corrected chi connectivity index (χ4v) is 1.72. The highest BCUT2D eigenvalue weighted by Gasteiger charge is 2.05. The molecule has 14 heavy (non-hydrogen) atoms. The van der Waals surface area contributed by atoms with Crippen LogP contribution in [0.2, 0.25) is 0 Å². The molecular weight excluding hydrogens is 200 g/mol. The van der Waals surface area contributed by atoms with E-state index in [1.807, 2.05) is 28.8 Å². The lowest BCUT2D eigenvalue weighted by Gasteiger charge is -1.95. The van der Waals surface area contributed by atoms with E-state index in [0.29, 0.717) is 5.16 Å². The molecule has 0 unspecified atom stereocenters. The van der Waals surface area contributed by atoms with Crippen LogP contribution in [-0.2, 0) is 4.79 Å². The number of carbonyl (C=O) groups excluding carboxylic acids is 1. The van der Waals surface area contributed by atoms with Gasteiger partial charge in [-0.2, -0.15) is 0 Å². The fraction of sp³-hybridized carbons (Fsp3) is 0.125. The normalized spacial score (nSPS) is 10.6. The summed E-state index contributed by atoms with van der Waals surface area (Å²) in [7, 11) is 0. The maximum absolute atomic E-state index is 10.6. The first kappa shape index (κ1) is 9.01. The number of aromatic nitrogens is 3. The first-order valence-corrected chi connectivity index (χ1v) is 4.97. The third-order valence-corrected chi connectivity index (χ3v) is 2.59. The molecule has 0 spiro atoms. The van der Waals surface area contributed by atoms with Crippen molar-refractivity contribution in [3.63, 3.8) is 0 Å². The molecule has 0 saturated heterocycles. The Morgan fingerprint density at radius 1 is 1.50 bits per heavy atom. The molecule has 2 heterocycles. The predicted molar refractivity (Wildman–Crippen MR) is 52.9 cm³/mol. The molecule has 0 aliphatic carbocycles. The molecular formula is C8H8N4OS. The molecule has 0 saturated carbocycles. The molecule has 0 bridgehead atoms. The van der Waals surface area contributed by atoms with Crippen LogP contribution < -0.4 is 5.73 Å². The first-order valence-electron chi connectivity index (χ1n) is 3.98. The molecule has 0 radical (unpaired) electrons. The third-order valence-electron chi connectivity index (χ3n) is 1.63. The number of pyridine rings is 1. The molecule has 2 aromatic heterocycles. The van der Waals surface area contributed by atoms with Gasteiger partial charge in [-0.15, -0.1) is 10.2 Å². The number of carbonyl (C=O) groups is 1. The topological polar surface area (TPSA) is 73.3 Å². The smallest absolute Gasteiger partial charge is 0.227 e. The number of amides is 1.